The zero-order valence-electron chi connectivity index (χ0n) is 47.1. The normalized spacial score (nSPS) is 13.9. The monoisotopic (exact) mass is 1140 g/mol. The molecule has 26 heteroatoms. The van der Waals surface area contributed by atoms with Gasteiger partial charge in [0.05, 0.1) is 0 Å². The SMILES string of the molecule is CO[Si](C)(C)O[Si](C)(C)OC.CO[Si](C)(C)O[Si](C)(C)O[Si](C)(C)OC.CO[Si](C)(C)O[Si](C)(OC)c1ccc(C(c2ccccc2)c2ccccc2)cc1.CO[Si](OC)(OC)O[Si](OC)(OC)OC. The molecule has 3 aromatic rings. The van der Waals surface area contributed by atoms with E-state index in [1.807, 2.05) is 78.6 Å². The third-order valence-corrected chi connectivity index (χ3v) is 37.9. The first-order valence-corrected chi connectivity index (χ1v) is 45.1. The second kappa shape index (κ2) is 31.1. The van der Waals surface area contributed by atoms with Gasteiger partial charge in [-0.05, 0) is 107 Å². The molecular formula is C44H90O17Si9. The van der Waals surface area contributed by atoms with Gasteiger partial charge in [-0.15, -0.1) is 0 Å². The molecule has 0 aromatic heterocycles. The van der Waals surface area contributed by atoms with E-state index in [1.165, 1.54) is 59.3 Å². The quantitative estimate of drug-likeness (QED) is 0.0554. The highest BCUT2D eigenvalue weighted by Crippen LogP contribution is 2.32. The molecule has 0 amide bonds. The van der Waals surface area contributed by atoms with Gasteiger partial charge in [0.2, 0.25) is 0 Å². The van der Waals surface area contributed by atoms with E-state index in [4.69, 9.17) is 73.7 Å². The lowest BCUT2D eigenvalue weighted by atomic mass is 9.85. The van der Waals surface area contributed by atoms with Crippen molar-refractivity contribution in [2.45, 2.75) is 91.0 Å². The van der Waals surface area contributed by atoms with Gasteiger partial charge < -0.3 is 73.7 Å². The minimum atomic E-state index is -3.23. The molecule has 0 N–H and O–H groups in total. The van der Waals surface area contributed by atoms with E-state index < -0.39 is 78.0 Å². The second-order valence-corrected chi connectivity index (χ2v) is 48.4. The maximum atomic E-state index is 6.41. The van der Waals surface area contributed by atoms with Crippen molar-refractivity contribution < 1.29 is 73.7 Å². The summed E-state index contributed by atoms with van der Waals surface area (Å²) < 4.78 is 92.8. The molecule has 3 rings (SSSR count). The molecule has 0 saturated heterocycles. The van der Waals surface area contributed by atoms with Crippen molar-refractivity contribution in [1.82, 2.24) is 0 Å². The van der Waals surface area contributed by atoms with Crippen LogP contribution in [0, 0.1) is 0 Å². The third kappa shape index (κ3) is 24.5. The van der Waals surface area contributed by atoms with Crippen molar-refractivity contribution in [2.75, 3.05) is 85.3 Å². The van der Waals surface area contributed by atoms with Crippen LogP contribution in [-0.2, 0) is 73.7 Å². The minimum Gasteiger partial charge on any atom is -0.415 e. The molecule has 0 aliphatic heterocycles. The fraction of sp³-hybridized carbons (Fsp3) is 0.591. The summed E-state index contributed by atoms with van der Waals surface area (Å²) in [5.74, 6) is 0.188. The van der Waals surface area contributed by atoms with Crippen LogP contribution in [0.25, 0.3) is 0 Å². The molecule has 17 nitrogen and oxygen atoms in total. The Kier molecular flexibility index (Phi) is 30.6. The van der Waals surface area contributed by atoms with E-state index in [1.54, 1.807) is 42.7 Å². The molecule has 70 heavy (non-hydrogen) atoms. The summed E-state index contributed by atoms with van der Waals surface area (Å²) in [6, 6.07) is 30.0. The highest BCUT2D eigenvalue weighted by Gasteiger charge is 2.57. The molecule has 0 bridgehead atoms. The molecule has 0 aliphatic rings. The Balaban J connectivity index is 0.000000990. The smallest absolute Gasteiger partial charge is 0.415 e. The maximum Gasteiger partial charge on any atom is 0.673 e. The van der Waals surface area contributed by atoms with Gasteiger partial charge in [0, 0.05) is 91.2 Å². The van der Waals surface area contributed by atoms with Gasteiger partial charge in [-0.25, -0.2) is 0 Å². The fourth-order valence-electron chi connectivity index (χ4n) is 6.44. The van der Waals surface area contributed by atoms with Gasteiger partial charge in [0.1, 0.15) is 0 Å². The van der Waals surface area contributed by atoms with Crippen LogP contribution in [0.2, 0.25) is 85.1 Å². The van der Waals surface area contributed by atoms with Crippen molar-refractivity contribution in [1.29, 1.82) is 0 Å². The van der Waals surface area contributed by atoms with Crippen molar-refractivity contribution in [3.05, 3.63) is 102 Å². The first-order chi connectivity index (χ1) is 32.3. The molecule has 0 spiro atoms. The van der Waals surface area contributed by atoms with E-state index in [2.05, 4.69) is 91.5 Å². The molecular weight excluding hydrogens is 1050 g/mol. The number of hydrogen-bond donors (Lipinski definition) is 0. The van der Waals surface area contributed by atoms with Gasteiger partial charge in [-0.3, -0.25) is 0 Å². The van der Waals surface area contributed by atoms with E-state index >= 15 is 0 Å². The molecule has 1 atom stereocenters. The average Bonchev–Trinajstić information content (AvgIpc) is 3.33. The molecule has 0 fully saturated rings. The third-order valence-electron chi connectivity index (χ3n) is 10.5. The van der Waals surface area contributed by atoms with Crippen LogP contribution in [0.4, 0.5) is 0 Å². The highest BCUT2D eigenvalue weighted by molar-refractivity contribution is 6.87. The lowest BCUT2D eigenvalue weighted by Gasteiger charge is -2.36. The topological polar surface area (TPSA) is 157 Å². The highest BCUT2D eigenvalue weighted by atomic mass is 28.5. The standard InChI is InChI=1S/C24H30O3Si2.C8H24O4Si3.C6H18O7Si2.C6H18O3Si2/c1-25-28(3,4)27-29(5,26-2)23-18-16-22(17-19-23)24(20-12-8-6-9-13-20)21-14-10-7-11-15-21;1-9-13(3,4)11-15(7,8)12-14(5,6)10-2;1-7-14(8-2,9-3)13-15(10-4,11-5)12-6;1-7-10(3,4)9-11(5,6)8-2/h6-19,24H,1-5H3;1-8H3;1-6H3;1-6H3. The summed E-state index contributed by atoms with van der Waals surface area (Å²) >= 11 is 0. The van der Waals surface area contributed by atoms with E-state index in [0.29, 0.717) is 0 Å². The first kappa shape index (κ1) is 68.9. The molecule has 3 aromatic carbocycles. The van der Waals surface area contributed by atoms with Crippen LogP contribution in [-0.4, -0.2) is 163 Å². The van der Waals surface area contributed by atoms with Crippen LogP contribution in [0.1, 0.15) is 22.6 Å². The fourth-order valence-corrected chi connectivity index (χ4v) is 32.6. The minimum absolute atomic E-state index is 0.188. The number of hydrogen-bond acceptors (Lipinski definition) is 17. The van der Waals surface area contributed by atoms with Crippen LogP contribution < -0.4 is 5.19 Å². The van der Waals surface area contributed by atoms with Crippen molar-refractivity contribution >= 4 is 83.2 Å². The summed E-state index contributed by atoms with van der Waals surface area (Å²) in [6.45, 7) is 26.4. The van der Waals surface area contributed by atoms with Crippen molar-refractivity contribution in [3.63, 3.8) is 0 Å². The van der Waals surface area contributed by atoms with E-state index in [0.717, 1.165) is 5.19 Å². The number of benzene rings is 3. The van der Waals surface area contributed by atoms with Gasteiger partial charge >= 0.3 is 78.0 Å². The Hall–Kier alpha value is -1.07. The largest absolute Gasteiger partial charge is 0.673 e. The Morgan fingerprint density at radius 2 is 0.514 bits per heavy atom. The Morgan fingerprint density at radius 1 is 0.257 bits per heavy atom. The summed E-state index contributed by atoms with van der Waals surface area (Å²) in [5, 5.41) is 1.11. The van der Waals surface area contributed by atoms with Crippen LogP contribution in [0.3, 0.4) is 0 Å². The van der Waals surface area contributed by atoms with Gasteiger partial charge in [-0.2, -0.15) is 0 Å². The molecule has 0 aliphatic carbocycles. The zero-order chi connectivity index (χ0) is 54.3. The second-order valence-electron chi connectivity index (χ2n) is 18.2. The van der Waals surface area contributed by atoms with Crippen molar-refractivity contribution in [3.8, 4) is 0 Å². The zero-order valence-corrected chi connectivity index (χ0v) is 56.1. The van der Waals surface area contributed by atoms with Crippen molar-refractivity contribution in [2.24, 2.45) is 0 Å². The predicted molar refractivity (Wildman–Crippen MR) is 297 cm³/mol. The van der Waals surface area contributed by atoms with Gasteiger partial charge in [-0.1, -0.05) is 84.9 Å². The molecule has 0 heterocycles. The average molecular weight is 1140 g/mol. The Bertz CT molecular complexity index is 1740. The first-order valence-electron chi connectivity index (χ1n) is 22.6. The predicted octanol–water partition coefficient (Wildman–Crippen LogP) is 9.03. The van der Waals surface area contributed by atoms with E-state index in [9.17, 15) is 0 Å². The lowest BCUT2D eigenvalue weighted by Crippen LogP contribution is -2.59. The van der Waals surface area contributed by atoms with Gasteiger partial charge in [0.15, 0.2) is 0 Å². The van der Waals surface area contributed by atoms with Crippen LogP contribution in [0.5, 0.6) is 0 Å². The summed E-state index contributed by atoms with van der Waals surface area (Å²) in [7, 11) is -2.50. The van der Waals surface area contributed by atoms with Gasteiger partial charge in [0.25, 0.3) is 0 Å². The maximum absolute atomic E-state index is 6.41. The molecule has 1 unspecified atom stereocenters. The molecule has 404 valence electrons. The Labute approximate surface area is 432 Å². The van der Waals surface area contributed by atoms with Crippen LogP contribution >= 0.6 is 0 Å². The summed E-state index contributed by atoms with van der Waals surface area (Å²) in [5.41, 5.74) is 3.81. The van der Waals surface area contributed by atoms with Crippen LogP contribution in [0.15, 0.2) is 84.9 Å². The summed E-state index contributed by atoms with van der Waals surface area (Å²) in [4.78, 5) is 0. The van der Waals surface area contributed by atoms with E-state index in [-0.39, 0.29) is 5.92 Å². The molecule has 0 radical (unpaired) electrons. The number of rotatable bonds is 26. The lowest BCUT2D eigenvalue weighted by molar-refractivity contribution is -0.0255. The summed E-state index contributed by atoms with van der Waals surface area (Å²) in [6.07, 6.45) is 0. The molecule has 0 saturated carbocycles. The Morgan fingerprint density at radius 3 is 0.771 bits per heavy atom.